The van der Waals surface area contributed by atoms with Gasteiger partial charge in [0.25, 0.3) is 0 Å². The quantitative estimate of drug-likeness (QED) is 0.713. The van der Waals surface area contributed by atoms with Gasteiger partial charge in [-0.3, -0.25) is 4.79 Å². The van der Waals surface area contributed by atoms with E-state index in [2.05, 4.69) is 41.5 Å². The molecule has 3 rings (SSSR count). The number of nitrogens with one attached hydrogen (secondary N) is 1. The highest BCUT2D eigenvalue weighted by atomic mass is 16.5. The topological polar surface area (TPSA) is 60.5 Å². The van der Waals surface area contributed by atoms with Crippen molar-refractivity contribution >= 4 is 11.6 Å². The van der Waals surface area contributed by atoms with Crippen LogP contribution < -0.4 is 10.1 Å². The Morgan fingerprint density at radius 1 is 1.11 bits per heavy atom. The van der Waals surface area contributed by atoms with Crippen molar-refractivity contribution < 1.29 is 14.3 Å². The zero-order valence-corrected chi connectivity index (χ0v) is 17.1. The molecule has 1 aliphatic carbocycles. The summed E-state index contributed by atoms with van der Waals surface area (Å²) < 4.78 is 10.6. The van der Waals surface area contributed by atoms with E-state index in [-0.39, 0.29) is 5.91 Å². The molecule has 1 heterocycles. The average Bonchev–Trinajstić information content (AvgIpc) is 2.71. The number of hydrogen-bond donors (Lipinski definition) is 1. The normalized spacial score (nSPS) is 15.8. The van der Waals surface area contributed by atoms with E-state index >= 15 is 0 Å². The van der Waals surface area contributed by atoms with Crippen LogP contribution in [0.3, 0.4) is 0 Å². The molecule has 1 aromatic heterocycles. The van der Waals surface area contributed by atoms with Crippen LogP contribution >= 0.6 is 0 Å². The molecule has 1 amide bonds. The van der Waals surface area contributed by atoms with Crippen LogP contribution in [0.25, 0.3) is 0 Å². The SMILES string of the molecule is COCCOc1ncc(NC(=O)C2(c3ccc(C)cc3)CCCCC2)cc1C. The largest absolute Gasteiger partial charge is 0.475 e. The second-order valence-electron chi connectivity index (χ2n) is 7.65. The van der Waals surface area contributed by atoms with Crippen LogP contribution in [0.1, 0.15) is 48.8 Å². The third-order valence-electron chi connectivity index (χ3n) is 5.56. The number of nitrogens with zero attached hydrogens (tertiary/aromatic N) is 1. The minimum atomic E-state index is -0.465. The van der Waals surface area contributed by atoms with Crippen LogP contribution in [0, 0.1) is 13.8 Å². The fourth-order valence-electron chi connectivity index (χ4n) is 3.93. The van der Waals surface area contributed by atoms with Gasteiger partial charge in [0.05, 0.1) is 23.9 Å². The minimum absolute atomic E-state index is 0.0605. The van der Waals surface area contributed by atoms with Gasteiger partial charge in [-0.25, -0.2) is 4.98 Å². The molecule has 0 spiro atoms. The van der Waals surface area contributed by atoms with Gasteiger partial charge in [0.2, 0.25) is 11.8 Å². The van der Waals surface area contributed by atoms with E-state index in [1.54, 1.807) is 13.3 Å². The number of hydrogen-bond acceptors (Lipinski definition) is 4. The van der Waals surface area contributed by atoms with Crippen molar-refractivity contribution in [3.05, 3.63) is 53.2 Å². The highest BCUT2D eigenvalue weighted by molar-refractivity contribution is 5.99. The zero-order valence-electron chi connectivity index (χ0n) is 17.1. The summed E-state index contributed by atoms with van der Waals surface area (Å²) >= 11 is 0. The lowest BCUT2D eigenvalue weighted by Gasteiger charge is -2.36. The molecule has 1 N–H and O–H groups in total. The minimum Gasteiger partial charge on any atom is -0.475 e. The standard InChI is InChI=1S/C23H30N2O3/c1-17-7-9-19(10-8-17)23(11-5-4-6-12-23)22(26)25-20-15-18(2)21(24-16-20)28-14-13-27-3/h7-10,15-16H,4-6,11-14H2,1-3H3,(H,25,26). The summed E-state index contributed by atoms with van der Waals surface area (Å²) in [5.74, 6) is 0.631. The van der Waals surface area contributed by atoms with Crippen molar-refractivity contribution in [3.63, 3.8) is 0 Å². The number of benzene rings is 1. The highest BCUT2D eigenvalue weighted by Gasteiger charge is 2.41. The van der Waals surface area contributed by atoms with Crippen LogP contribution in [0.5, 0.6) is 5.88 Å². The third kappa shape index (κ3) is 4.53. The molecule has 0 unspecified atom stereocenters. The van der Waals surface area contributed by atoms with E-state index < -0.39 is 5.41 Å². The fraction of sp³-hybridized carbons (Fsp3) is 0.478. The lowest BCUT2D eigenvalue weighted by molar-refractivity contribution is -0.122. The van der Waals surface area contributed by atoms with Crippen molar-refractivity contribution in [1.29, 1.82) is 0 Å². The molecule has 1 aliphatic rings. The van der Waals surface area contributed by atoms with E-state index in [0.717, 1.165) is 36.8 Å². The summed E-state index contributed by atoms with van der Waals surface area (Å²) in [5.41, 5.74) is 3.45. The second-order valence-corrected chi connectivity index (χ2v) is 7.65. The van der Waals surface area contributed by atoms with Crippen LogP contribution in [-0.4, -0.2) is 31.2 Å². The number of ether oxygens (including phenoxy) is 2. The Kier molecular flexibility index (Phi) is 6.68. The molecule has 0 aliphatic heterocycles. The van der Waals surface area contributed by atoms with Crippen molar-refractivity contribution in [2.24, 2.45) is 0 Å². The zero-order chi connectivity index (χ0) is 20.0. The van der Waals surface area contributed by atoms with Gasteiger partial charge in [0.15, 0.2) is 0 Å². The monoisotopic (exact) mass is 382 g/mol. The third-order valence-corrected chi connectivity index (χ3v) is 5.56. The number of pyridine rings is 1. The van der Waals surface area contributed by atoms with Crippen LogP contribution in [0.2, 0.25) is 0 Å². The fourth-order valence-corrected chi connectivity index (χ4v) is 3.93. The van der Waals surface area contributed by atoms with Gasteiger partial charge in [-0.15, -0.1) is 0 Å². The lowest BCUT2D eigenvalue weighted by atomic mass is 9.68. The first-order valence-corrected chi connectivity index (χ1v) is 10.0. The second kappa shape index (κ2) is 9.20. The predicted molar refractivity (Wildman–Crippen MR) is 111 cm³/mol. The summed E-state index contributed by atoms with van der Waals surface area (Å²) in [6.07, 6.45) is 6.77. The Morgan fingerprint density at radius 2 is 1.82 bits per heavy atom. The molecule has 150 valence electrons. The number of methoxy groups -OCH3 is 1. The van der Waals surface area contributed by atoms with Gasteiger partial charge >= 0.3 is 0 Å². The molecule has 1 saturated carbocycles. The van der Waals surface area contributed by atoms with Gasteiger partial charge in [0.1, 0.15) is 6.61 Å². The van der Waals surface area contributed by atoms with Crippen molar-refractivity contribution in [2.75, 3.05) is 25.6 Å². The number of anilines is 1. The van der Waals surface area contributed by atoms with Crippen molar-refractivity contribution in [3.8, 4) is 5.88 Å². The van der Waals surface area contributed by atoms with Crippen LogP contribution in [0.4, 0.5) is 5.69 Å². The highest BCUT2D eigenvalue weighted by Crippen LogP contribution is 2.40. The van der Waals surface area contributed by atoms with E-state index in [9.17, 15) is 4.79 Å². The number of amides is 1. The number of aryl methyl sites for hydroxylation is 2. The maximum atomic E-state index is 13.4. The summed E-state index contributed by atoms with van der Waals surface area (Å²) in [6, 6.07) is 10.3. The Labute approximate surface area is 167 Å². The van der Waals surface area contributed by atoms with E-state index in [1.165, 1.54) is 12.0 Å². The summed E-state index contributed by atoms with van der Waals surface area (Å²) in [4.78, 5) is 17.8. The molecule has 0 atom stereocenters. The Hall–Kier alpha value is -2.40. The Morgan fingerprint density at radius 3 is 2.46 bits per heavy atom. The maximum absolute atomic E-state index is 13.4. The molecule has 1 aromatic carbocycles. The summed E-state index contributed by atoms with van der Waals surface area (Å²) in [7, 11) is 1.64. The van der Waals surface area contributed by atoms with Gasteiger partial charge < -0.3 is 14.8 Å². The van der Waals surface area contributed by atoms with E-state index in [1.807, 2.05) is 13.0 Å². The van der Waals surface area contributed by atoms with E-state index in [0.29, 0.717) is 24.8 Å². The number of carbonyl (C=O) groups is 1. The Balaban J connectivity index is 1.79. The van der Waals surface area contributed by atoms with Gasteiger partial charge in [-0.2, -0.15) is 0 Å². The molecule has 5 heteroatoms. The number of aromatic nitrogens is 1. The molecular weight excluding hydrogens is 352 g/mol. The Bertz CT molecular complexity index is 796. The average molecular weight is 383 g/mol. The number of rotatable bonds is 7. The maximum Gasteiger partial charge on any atom is 0.235 e. The van der Waals surface area contributed by atoms with E-state index in [4.69, 9.17) is 9.47 Å². The number of carbonyl (C=O) groups excluding carboxylic acids is 1. The summed E-state index contributed by atoms with van der Waals surface area (Å²) in [6.45, 7) is 4.97. The first-order valence-electron chi connectivity index (χ1n) is 10.0. The molecule has 0 radical (unpaired) electrons. The van der Waals surface area contributed by atoms with Crippen LogP contribution in [-0.2, 0) is 14.9 Å². The lowest BCUT2D eigenvalue weighted by Crippen LogP contribution is -2.42. The first kappa shape index (κ1) is 20.3. The first-order chi connectivity index (χ1) is 13.5. The predicted octanol–water partition coefficient (Wildman–Crippen LogP) is 4.56. The molecule has 0 saturated heterocycles. The van der Waals surface area contributed by atoms with Gasteiger partial charge in [0, 0.05) is 12.7 Å². The molecule has 0 bridgehead atoms. The molecule has 28 heavy (non-hydrogen) atoms. The van der Waals surface area contributed by atoms with Gasteiger partial charge in [-0.05, 0) is 38.3 Å². The molecule has 5 nitrogen and oxygen atoms in total. The van der Waals surface area contributed by atoms with Crippen molar-refractivity contribution in [1.82, 2.24) is 4.98 Å². The molecular formula is C23H30N2O3. The summed E-state index contributed by atoms with van der Waals surface area (Å²) in [5, 5.41) is 3.12. The van der Waals surface area contributed by atoms with Crippen molar-refractivity contribution in [2.45, 2.75) is 51.4 Å². The molecule has 1 fully saturated rings. The van der Waals surface area contributed by atoms with Crippen LogP contribution in [0.15, 0.2) is 36.5 Å². The van der Waals surface area contributed by atoms with Gasteiger partial charge in [-0.1, -0.05) is 49.1 Å². The molecule has 2 aromatic rings. The smallest absolute Gasteiger partial charge is 0.235 e.